The molecule has 4 aromatic rings. The van der Waals surface area contributed by atoms with Crippen LogP contribution in [0.15, 0.2) is 53.7 Å². The number of rotatable bonds is 7. The number of nitrogens with one attached hydrogen (secondary N) is 2. The Morgan fingerprint density at radius 1 is 1.21 bits per heavy atom. The summed E-state index contributed by atoms with van der Waals surface area (Å²) >= 11 is 0. The third-order valence-electron chi connectivity index (χ3n) is 5.47. The average Bonchev–Trinajstić information content (AvgIpc) is 3.53. The first kappa shape index (κ1) is 20.8. The predicted molar refractivity (Wildman–Crippen MR) is 124 cm³/mol. The average molecular weight is 444 g/mol. The van der Waals surface area contributed by atoms with Gasteiger partial charge in [-0.3, -0.25) is 14.0 Å². The molecule has 4 aromatic heterocycles. The van der Waals surface area contributed by atoms with Gasteiger partial charge >= 0.3 is 0 Å². The van der Waals surface area contributed by atoms with E-state index in [1.54, 1.807) is 29.1 Å². The topological polar surface area (TPSA) is 119 Å². The molecule has 2 N–H and O–H groups in total. The van der Waals surface area contributed by atoms with E-state index in [1.165, 1.54) is 23.6 Å². The van der Waals surface area contributed by atoms with E-state index in [-0.39, 0.29) is 23.9 Å². The maximum Gasteiger partial charge on any atom is 0.269 e. The molecule has 0 radical (unpaired) electrons. The SMILES string of the molecule is CC(C)c1nn(CC(=O)Nc2ccc3nncn3c2)c(=O)cc1Nc1cccc(C2CC2)n1. The first-order chi connectivity index (χ1) is 16.0. The molecule has 5 rings (SSSR count). The van der Waals surface area contributed by atoms with Crippen LogP contribution in [0.3, 0.4) is 0 Å². The molecule has 0 spiro atoms. The van der Waals surface area contributed by atoms with Crippen molar-refractivity contribution in [1.82, 2.24) is 29.4 Å². The van der Waals surface area contributed by atoms with Gasteiger partial charge in [0.05, 0.1) is 17.1 Å². The fraction of sp³-hybridized carbons (Fsp3) is 0.304. The van der Waals surface area contributed by atoms with Crippen molar-refractivity contribution in [3.63, 3.8) is 0 Å². The number of pyridine rings is 2. The van der Waals surface area contributed by atoms with Gasteiger partial charge in [-0.15, -0.1) is 10.2 Å². The lowest BCUT2D eigenvalue weighted by Gasteiger charge is -2.16. The first-order valence-corrected chi connectivity index (χ1v) is 10.9. The minimum Gasteiger partial charge on any atom is -0.339 e. The normalized spacial score (nSPS) is 13.4. The molecule has 0 saturated heterocycles. The number of carbonyl (C=O) groups excluding carboxylic acids is 1. The lowest BCUT2D eigenvalue weighted by molar-refractivity contribution is -0.117. The second kappa shape index (κ2) is 8.45. The monoisotopic (exact) mass is 444 g/mol. The minimum absolute atomic E-state index is 0.0326. The van der Waals surface area contributed by atoms with Gasteiger partial charge in [-0.1, -0.05) is 19.9 Å². The lowest BCUT2D eigenvalue weighted by atomic mass is 10.1. The van der Waals surface area contributed by atoms with Crippen LogP contribution in [-0.2, 0) is 11.3 Å². The molecule has 1 aliphatic rings. The molecule has 10 heteroatoms. The summed E-state index contributed by atoms with van der Waals surface area (Å²) in [4.78, 5) is 30.0. The van der Waals surface area contributed by atoms with Gasteiger partial charge in [0.25, 0.3) is 5.56 Å². The molecule has 0 atom stereocenters. The molecular weight excluding hydrogens is 420 g/mol. The van der Waals surface area contributed by atoms with Crippen molar-refractivity contribution < 1.29 is 4.79 Å². The summed E-state index contributed by atoms with van der Waals surface area (Å²) in [6.07, 6.45) is 5.59. The molecule has 1 amide bonds. The largest absolute Gasteiger partial charge is 0.339 e. The Balaban J connectivity index is 1.35. The zero-order valence-corrected chi connectivity index (χ0v) is 18.4. The lowest BCUT2D eigenvalue weighted by Crippen LogP contribution is -2.30. The molecule has 0 unspecified atom stereocenters. The fourth-order valence-corrected chi connectivity index (χ4v) is 3.65. The van der Waals surface area contributed by atoms with Crippen LogP contribution >= 0.6 is 0 Å². The quantitative estimate of drug-likeness (QED) is 0.450. The molecule has 4 heterocycles. The van der Waals surface area contributed by atoms with Crippen LogP contribution in [0.2, 0.25) is 0 Å². The van der Waals surface area contributed by atoms with Gasteiger partial charge in [-0.25, -0.2) is 9.67 Å². The summed E-state index contributed by atoms with van der Waals surface area (Å²) in [6, 6.07) is 10.8. The van der Waals surface area contributed by atoms with Crippen LogP contribution < -0.4 is 16.2 Å². The van der Waals surface area contributed by atoms with Crippen LogP contribution in [-0.4, -0.2) is 35.3 Å². The number of carbonyl (C=O) groups is 1. The van der Waals surface area contributed by atoms with Crippen molar-refractivity contribution in [2.75, 3.05) is 10.6 Å². The van der Waals surface area contributed by atoms with Gasteiger partial charge < -0.3 is 10.6 Å². The molecular formula is C23H24N8O2. The molecule has 1 aliphatic carbocycles. The maximum absolute atomic E-state index is 12.8. The number of amides is 1. The number of anilines is 3. The second-order valence-electron chi connectivity index (χ2n) is 8.50. The van der Waals surface area contributed by atoms with E-state index in [0.717, 1.165) is 5.69 Å². The zero-order valence-electron chi connectivity index (χ0n) is 18.4. The van der Waals surface area contributed by atoms with Crippen LogP contribution in [0, 0.1) is 0 Å². The van der Waals surface area contributed by atoms with Gasteiger partial charge in [0.1, 0.15) is 18.7 Å². The molecule has 1 saturated carbocycles. The molecule has 168 valence electrons. The van der Waals surface area contributed by atoms with Crippen molar-refractivity contribution in [3.05, 3.63) is 70.7 Å². The Morgan fingerprint density at radius 3 is 2.85 bits per heavy atom. The molecule has 10 nitrogen and oxygen atoms in total. The van der Waals surface area contributed by atoms with E-state index in [9.17, 15) is 9.59 Å². The highest BCUT2D eigenvalue weighted by Gasteiger charge is 2.25. The van der Waals surface area contributed by atoms with Crippen molar-refractivity contribution in [2.45, 2.75) is 45.1 Å². The summed E-state index contributed by atoms with van der Waals surface area (Å²) in [7, 11) is 0. The summed E-state index contributed by atoms with van der Waals surface area (Å²) < 4.78 is 2.88. The van der Waals surface area contributed by atoms with Crippen LogP contribution in [0.4, 0.5) is 17.2 Å². The van der Waals surface area contributed by atoms with E-state index >= 15 is 0 Å². The van der Waals surface area contributed by atoms with E-state index in [2.05, 4.69) is 30.9 Å². The highest BCUT2D eigenvalue weighted by atomic mass is 16.2. The fourth-order valence-electron chi connectivity index (χ4n) is 3.65. The van der Waals surface area contributed by atoms with Crippen LogP contribution in [0.25, 0.3) is 5.65 Å². The summed E-state index contributed by atoms with van der Waals surface area (Å²) in [5.41, 5.74) is 3.23. The van der Waals surface area contributed by atoms with Gasteiger partial charge in [0.2, 0.25) is 5.91 Å². The molecule has 0 bridgehead atoms. The van der Waals surface area contributed by atoms with Crippen molar-refractivity contribution in [3.8, 4) is 0 Å². The standard InChI is InChI=1S/C23H24N8O2/c1-14(2)23-18(27-19-5-3-4-17(26-19)15-6-7-15)10-22(33)31(29-23)12-21(32)25-16-8-9-20-28-24-13-30(20)11-16/h3-5,8-11,13-15H,6-7,12H2,1-2H3,(H,25,32)(H,26,27). The minimum atomic E-state index is -0.371. The number of nitrogens with zero attached hydrogens (tertiary/aromatic N) is 6. The Morgan fingerprint density at radius 2 is 2.06 bits per heavy atom. The first-order valence-electron chi connectivity index (χ1n) is 10.9. The molecule has 0 aromatic carbocycles. The number of aromatic nitrogens is 6. The number of hydrogen-bond acceptors (Lipinski definition) is 7. The summed E-state index contributed by atoms with van der Waals surface area (Å²) in [5.74, 6) is 0.894. The number of hydrogen-bond donors (Lipinski definition) is 2. The molecule has 1 fully saturated rings. The molecule has 33 heavy (non-hydrogen) atoms. The number of fused-ring (bicyclic) bond motifs is 1. The highest BCUT2D eigenvalue weighted by molar-refractivity contribution is 5.90. The van der Waals surface area contributed by atoms with Gasteiger partial charge in [-0.2, -0.15) is 5.10 Å². The Labute approximate surface area is 189 Å². The summed E-state index contributed by atoms with van der Waals surface area (Å²) in [5, 5.41) is 18.3. The highest BCUT2D eigenvalue weighted by Crippen LogP contribution is 2.39. The Bertz CT molecular complexity index is 1390. The van der Waals surface area contributed by atoms with Gasteiger partial charge in [0.15, 0.2) is 5.65 Å². The van der Waals surface area contributed by atoms with Crippen molar-refractivity contribution in [1.29, 1.82) is 0 Å². The van der Waals surface area contributed by atoms with Crippen LogP contribution in [0.5, 0.6) is 0 Å². The van der Waals surface area contributed by atoms with Crippen molar-refractivity contribution >= 4 is 28.7 Å². The second-order valence-corrected chi connectivity index (χ2v) is 8.50. The van der Waals surface area contributed by atoms with Crippen LogP contribution in [0.1, 0.15) is 49.9 Å². The zero-order chi connectivity index (χ0) is 22.9. The smallest absolute Gasteiger partial charge is 0.269 e. The Kier molecular flexibility index (Phi) is 5.33. The van der Waals surface area contributed by atoms with E-state index in [4.69, 9.17) is 0 Å². The van der Waals surface area contributed by atoms with E-state index in [1.807, 2.05) is 32.0 Å². The summed E-state index contributed by atoms with van der Waals surface area (Å²) in [6.45, 7) is 3.78. The Hall–Kier alpha value is -4.08. The van der Waals surface area contributed by atoms with Gasteiger partial charge in [-0.05, 0) is 43.0 Å². The third kappa shape index (κ3) is 4.59. The predicted octanol–water partition coefficient (Wildman–Crippen LogP) is 3.06. The van der Waals surface area contributed by atoms with E-state index < -0.39 is 0 Å². The van der Waals surface area contributed by atoms with E-state index in [0.29, 0.717) is 34.5 Å². The third-order valence-corrected chi connectivity index (χ3v) is 5.47. The van der Waals surface area contributed by atoms with Gasteiger partial charge in [0, 0.05) is 23.9 Å². The molecule has 0 aliphatic heterocycles. The van der Waals surface area contributed by atoms with Crippen molar-refractivity contribution in [2.24, 2.45) is 0 Å². The maximum atomic E-state index is 12.8.